The molecule has 1 N–H and O–H groups in total. The number of hydrogen-bond donors (Lipinski definition) is 1. The number of rotatable bonds is 3. The van der Waals surface area contributed by atoms with Crippen LogP contribution in [0.2, 0.25) is 5.02 Å². The molecule has 0 radical (unpaired) electrons. The molecule has 0 fully saturated rings. The SMILES string of the molecule is CC(=O)c1cc2c(cc1NC(=O)c1cc(Cl)ccn1)OCO2. The highest BCUT2D eigenvalue weighted by Gasteiger charge is 2.21. The second-order valence-corrected chi connectivity index (χ2v) is 5.06. The molecule has 0 saturated heterocycles. The van der Waals surface area contributed by atoms with E-state index in [0.717, 1.165) is 0 Å². The Bertz CT molecular complexity index is 776. The number of nitrogens with one attached hydrogen (secondary N) is 1. The van der Waals surface area contributed by atoms with Gasteiger partial charge < -0.3 is 14.8 Å². The van der Waals surface area contributed by atoms with Gasteiger partial charge in [-0.25, -0.2) is 0 Å². The number of ketones is 1. The van der Waals surface area contributed by atoms with Crippen molar-refractivity contribution in [2.24, 2.45) is 0 Å². The Hall–Kier alpha value is -2.60. The number of Topliss-reactive ketones (excluding diaryl/α,β-unsaturated/α-hetero) is 1. The standard InChI is InChI=1S/C15H11ClN2O4/c1-8(19)10-5-13-14(22-7-21-13)6-11(10)18-15(20)12-4-9(16)2-3-17-12/h2-6H,7H2,1H3,(H,18,20). The van der Waals surface area contributed by atoms with E-state index >= 15 is 0 Å². The molecular weight excluding hydrogens is 308 g/mol. The highest BCUT2D eigenvalue weighted by Crippen LogP contribution is 2.37. The summed E-state index contributed by atoms with van der Waals surface area (Å²) < 4.78 is 10.5. The van der Waals surface area contributed by atoms with Crippen LogP contribution in [0.4, 0.5) is 5.69 Å². The summed E-state index contributed by atoms with van der Waals surface area (Å²) in [5, 5.41) is 3.05. The largest absolute Gasteiger partial charge is 0.454 e. The van der Waals surface area contributed by atoms with Gasteiger partial charge in [0.15, 0.2) is 17.3 Å². The smallest absolute Gasteiger partial charge is 0.274 e. The van der Waals surface area contributed by atoms with Crippen LogP contribution in [0.5, 0.6) is 11.5 Å². The fraction of sp³-hybridized carbons (Fsp3) is 0.133. The number of hydrogen-bond acceptors (Lipinski definition) is 5. The van der Waals surface area contributed by atoms with Crippen molar-refractivity contribution in [1.29, 1.82) is 0 Å². The van der Waals surface area contributed by atoms with Crippen LogP contribution in [0.25, 0.3) is 0 Å². The first kappa shape index (κ1) is 14.3. The third-order valence-corrected chi connectivity index (χ3v) is 3.33. The Morgan fingerprint density at radius 2 is 1.95 bits per heavy atom. The molecule has 2 heterocycles. The monoisotopic (exact) mass is 318 g/mol. The lowest BCUT2D eigenvalue weighted by molar-refractivity contribution is 0.101. The molecule has 1 amide bonds. The van der Waals surface area contributed by atoms with Gasteiger partial charge in [0.1, 0.15) is 5.69 Å². The predicted octanol–water partition coefficient (Wildman–Crippen LogP) is 2.92. The number of fused-ring (bicyclic) bond motifs is 1. The summed E-state index contributed by atoms with van der Waals surface area (Å²) in [4.78, 5) is 27.9. The first-order valence-electron chi connectivity index (χ1n) is 6.42. The molecule has 7 heteroatoms. The van der Waals surface area contributed by atoms with Gasteiger partial charge >= 0.3 is 0 Å². The number of carbonyl (C=O) groups is 2. The minimum absolute atomic E-state index is 0.0833. The van der Waals surface area contributed by atoms with Gasteiger partial charge in [-0.3, -0.25) is 14.6 Å². The summed E-state index contributed by atoms with van der Waals surface area (Å²) in [6, 6.07) is 6.12. The Morgan fingerprint density at radius 1 is 1.23 bits per heavy atom. The molecule has 0 spiro atoms. The lowest BCUT2D eigenvalue weighted by atomic mass is 10.1. The van der Waals surface area contributed by atoms with E-state index in [4.69, 9.17) is 21.1 Å². The average Bonchev–Trinajstić information content (AvgIpc) is 2.93. The Kier molecular flexibility index (Phi) is 3.68. The third kappa shape index (κ3) is 2.73. The highest BCUT2D eigenvalue weighted by molar-refractivity contribution is 6.31. The number of nitrogens with zero attached hydrogens (tertiary/aromatic N) is 1. The maximum absolute atomic E-state index is 12.2. The van der Waals surface area contributed by atoms with Crippen molar-refractivity contribution < 1.29 is 19.1 Å². The molecule has 1 aromatic heterocycles. The maximum atomic E-state index is 12.2. The maximum Gasteiger partial charge on any atom is 0.274 e. The molecule has 6 nitrogen and oxygen atoms in total. The molecule has 112 valence electrons. The van der Waals surface area contributed by atoms with E-state index in [1.165, 1.54) is 19.2 Å². The molecule has 0 aliphatic carbocycles. The van der Waals surface area contributed by atoms with Crippen LogP contribution in [-0.4, -0.2) is 23.5 Å². The zero-order chi connectivity index (χ0) is 15.7. The van der Waals surface area contributed by atoms with Crippen LogP contribution in [0.3, 0.4) is 0 Å². The number of pyridine rings is 1. The lowest BCUT2D eigenvalue weighted by Gasteiger charge is -2.10. The molecule has 0 unspecified atom stereocenters. The van der Waals surface area contributed by atoms with Crippen molar-refractivity contribution in [2.45, 2.75) is 6.92 Å². The number of benzene rings is 1. The Morgan fingerprint density at radius 3 is 2.64 bits per heavy atom. The van der Waals surface area contributed by atoms with Gasteiger partial charge in [0.25, 0.3) is 5.91 Å². The molecule has 0 atom stereocenters. The number of carbonyl (C=O) groups excluding carboxylic acids is 2. The predicted molar refractivity (Wildman–Crippen MR) is 79.8 cm³/mol. The number of aromatic nitrogens is 1. The fourth-order valence-corrected chi connectivity index (χ4v) is 2.21. The number of anilines is 1. The van der Waals surface area contributed by atoms with Crippen molar-refractivity contribution in [3.63, 3.8) is 0 Å². The quantitative estimate of drug-likeness (QED) is 0.880. The van der Waals surface area contributed by atoms with Crippen LogP contribution in [0.15, 0.2) is 30.5 Å². The van der Waals surface area contributed by atoms with Gasteiger partial charge in [-0.15, -0.1) is 0 Å². The van der Waals surface area contributed by atoms with Gasteiger partial charge in [-0.05, 0) is 25.1 Å². The molecule has 1 aliphatic heterocycles. The molecule has 0 bridgehead atoms. The highest BCUT2D eigenvalue weighted by atomic mass is 35.5. The van der Waals surface area contributed by atoms with E-state index in [2.05, 4.69) is 10.3 Å². The zero-order valence-electron chi connectivity index (χ0n) is 11.6. The van der Waals surface area contributed by atoms with Crippen LogP contribution in [0, 0.1) is 0 Å². The molecular formula is C15H11ClN2O4. The fourth-order valence-electron chi connectivity index (χ4n) is 2.05. The van der Waals surface area contributed by atoms with E-state index in [9.17, 15) is 9.59 Å². The first-order valence-corrected chi connectivity index (χ1v) is 6.80. The number of ether oxygens (including phenoxy) is 2. The molecule has 22 heavy (non-hydrogen) atoms. The van der Waals surface area contributed by atoms with Crippen LogP contribution in [-0.2, 0) is 0 Å². The Balaban J connectivity index is 1.94. The second-order valence-electron chi connectivity index (χ2n) is 4.62. The molecule has 0 saturated carbocycles. The van der Waals surface area contributed by atoms with Crippen LogP contribution in [0.1, 0.15) is 27.8 Å². The van der Waals surface area contributed by atoms with E-state index in [1.807, 2.05) is 0 Å². The zero-order valence-corrected chi connectivity index (χ0v) is 12.3. The van der Waals surface area contributed by atoms with Gasteiger partial charge in [0.05, 0.1) is 5.69 Å². The van der Waals surface area contributed by atoms with E-state index in [-0.39, 0.29) is 18.3 Å². The summed E-state index contributed by atoms with van der Waals surface area (Å²) in [5.41, 5.74) is 0.822. The summed E-state index contributed by atoms with van der Waals surface area (Å²) in [7, 11) is 0. The average molecular weight is 319 g/mol. The van der Waals surface area contributed by atoms with Crippen molar-refractivity contribution >= 4 is 29.0 Å². The summed E-state index contributed by atoms with van der Waals surface area (Å²) in [5.74, 6) is 0.278. The first-order chi connectivity index (χ1) is 10.5. The van der Waals surface area contributed by atoms with Crippen molar-refractivity contribution in [1.82, 2.24) is 4.98 Å². The van der Waals surface area contributed by atoms with E-state index in [1.54, 1.807) is 18.2 Å². The number of halogens is 1. The van der Waals surface area contributed by atoms with Crippen molar-refractivity contribution in [3.05, 3.63) is 46.7 Å². The third-order valence-electron chi connectivity index (χ3n) is 3.09. The second kappa shape index (κ2) is 5.65. The minimum Gasteiger partial charge on any atom is -0.454 e. The van der Waals surface area contributed by atoms with E-state index in [0.29, 0.717) is 27.8 Å². The molecule has 1 aliphatic rings. The Labute approximate surface area is 131 Å². The summed E-state index contributed by atoms with van der Waals surface area (Å²) in [6.07, 6.45) is 1.43. The topological polar surface area (TPSA) is 77.5 Å². The summed E-state index contributed by atoms with van der Waals surface area (Å²) >= 11 is 5.84. The normalized spacial score (nSPS) is 12.1. The lowest BCUT2D eigenvalue weighted by Crippen LogP contribution is -2.15. The van der Waals surface area contributed by atoms with Crippen LogP contribution < -0.4 is 14.8 Å². The summed E-state index contributed by atoms with van der Waals surface area (Å²) in [6.45, 7) is 1.49. The minimum atomic E-state index is -0.469. The molecule has 1 aromatic carbocycles. The number of amides is 1. The van der Waals surface area contributed by atoms with Gasteiger partial charge in [0, 0.05) is 22.8 Å². The van der Waals surface area contributed by atoms with Crippen molar-refractivity contribution in [2.75, 3.05) is 12.1 Å². The molecule has 2 aromatic rings. The van der Waals surface area contributed by atoms with Crippen LogP contribution >= 0.6 is 11.6 Å². The van der Waals surface area contributed by atoms with Crippen molar-refractivity contribution in [3.8, 4) is 11.5 Å². The van der Waals surface area contributed by atoms with E-state index < -0.39 is 5.91 Å². The molecule has 3 rings (SSSR count). The van der Waals surface area contributed by atoms with Gasteiger partial charge in [-0.1, -0.05) is 11.6 Å². The van der Waals surface area contributed by atoms with Gasteiger partial charge in [-0.2, -0.15) is 0 Å². The van der Waals surface area contributed by atoms with Gasteiger partial charge in [0.2, 0.25) is 6.79 Å².